The molecule has 1 rings (SSSR count). The van der Waals surface area contributed by atoms with Gasteiger partial charge in [0.1, 0.15) is 0 Å². The largest absolute Gasteiger partial charge is 0.493 e. The Morgan fingerprint density at radius 3 is 2.68 bits per heavy atom. The number of carbonyl (C=O) groups is 1. The van der Waals surface area contributed by atoms with Crippen molar-refractivity contribution in [2.45, 2.75) is 19.9 Å². The smallest absolute Gasteiger partial charge is 0.308 e. The third-order valence-corrected chi connectivity index (χ3v) is 2.60. The highest BCUT2D eigenvalue weighted by atomic mass is 16.5. The summed E-state index contributed by atoms with van der Waals surface area (Å²) in [7, 11) is 2.95. The predicted octanol–water partition coefficient (Wildman–Crippen LogP) is 1.75. The maximum Gasteiger partial charge on any atom is 0.308 e. The summed E-state index contributed by atoms with van der Waals surface area (Å²) in [5, 5.41) is 3.24. The minimum absolute atomic E-state index is 0.219. The van der Waals surface area contributed by atoms with Gasteiger partial charge in [0.15, 0.2) is 11.5 Å². The molecule has 0 heterocycles. The van der Waals surface area contributed by atoms with Crippen LogP contribution in [0.2, 0.25) is 0 Å². The first-order valence-electron chi connectivity index (χ1n) is 6.28. The fraction of sp³-hybridized carbons (Fsp3) is 0.500. The van der Waals surface area contributed by atoms with Crippen LogP contribution in [0.5, 0.6) is 11.5 Å². The first kappa shape index (κ1) is 15.3. The molecular weight excluding hydrogens is 246 g/mol. The molecule has 0 atom stereocenters. The van der Waals surface area contributed by atoms with Crippen molar-refractivity contribution in [3.05, 3.63) is 23.8 Å². The van der Waals surface area contributed by atoms with Crippen LogP contribution >= 0.6 is 0 Å². The summed E-state index contributed by atoms with van der Waals surface area (Å²) < 4.78 is 15.4. The van der Waals surface area contributed by atoms with E-state index in [9.17, 15) is 4.79 Å². The van der Waals surface area contributed by atoms with Crippen molar-refractivity contribution in [2.24, 2.45) is 0 Å². The minimum Gasteiger partial charge on any atom is -0.493 e. The van der Waals surface area contributed by atoms with E-state index >= 15 is 0 Å². The second kappa shape index (κ2) is 8.37. The fourth-order valence-electron chi connectivity index (χ4n) is 1.56. The van der Waals surface area contributed by atoms with E-state index in [0.717, 1.165) is 18.7 Å². The van der Waals surface area contributed by atoms with E-state index in [4.69, 9.17) is 9.47 Å². The number of benzene rings is 1. The lowest BCUT2D eigenvalue weighted by atomic mass is 10.2. The monoisotopic (exact) mass is 267 g/mol. The fourth-order valence-corrected chi connectivity index (χ4v) is 1.56. The first-order chi connectivity index (χ1) is 9.21. The van der Waals surface area contributed by atoms with E-state index in [0.29, 0.717) is 11.5 Å². The van der Waals surface area contributed by atoms with Gasteiger partial charge in [-0.05, 0) is 24.2 Å². The molecule has 0 radical (unpaired) electrons. The van der Waals surface area contributed by atoms with Crippen molar-refractivity contribution < 1.29 is 19.0 Å². The number of nitrogens with one attached hydrogen (secondary N) is 1. The normalized spacial score (nSPS) is 10.1. The van der Waals surface area contributed by atoms with Crippen molar-refractivity contribution >= 4 is 5.97 Å². The Labute approximate surface area is 113 Å². The maximum absolute atomic E-state index is 11.0. The molecule has 0 saturated heterocycles. The lowest BCUT2D eigenvalue weighted by Crippen LogP contribution is -2.12. The number of carbonyl (C=O) groups excluding carboxylic acids is 1. The molecule has 0 aliphatic rings. The van der Waals surface area contributed by atoms with Gasteiger partial charge in [-0.15, -0.1) is 0 Å². The molecule has 1 aromatic carbocycles. The zero-order valence-corrected chi connectivity index (χ0v) is 11.7. The number of hydrogen-bond acceptors (Lipinski definition) is 5. The Balaban J connectivity index is 2.64. The molecule has 106 valence electrons. The summed E-state index contributed by atoms with van der Waals surface area (Å²) >= 11 is 0. The van der Waals surface area contributed by atoms with Crippen molar-refractivity contribution in [3.8, 4) is 11.5 Å². The van der Waals surface area contributed by atoms with E-state index in [2.05, 4.69) is 17.0 Å². The molecule has 0 saturated carbocycles. The standard InChI is InChI=1S/C14H21NO4/c1-4-15-10-11-5-6-12(17-2)13(9-11)19-8-7-14(16)18-3/h5-6,9,15H,4,7-8,10H2,1-3H3. The van der Waals surface area contributed by atoms with Crippen LogP contribution in [0, 0.1) is 0 Å². The lowest BCUT2D eigenvalue weighted by molar-refractivity contribution is -0.141. The Hall–Kier alpha value is -1.75. The molecule has 19 heavy (non-hydrogen) atoms. The summed E-state index contributed by atoms with van der Waals surface area (Å²) in [6.45, 7) is 4.00. The Morgan fingerprint density at radius 2 is 2.05 bits per heavy atom. The van der Waals surface area contributed by atoms with Crippen molar-refractivity contribution in [2.75, 3.05) is 27.4 Å². The summed E-state index contributed by atoms with van der Waals surface area (Å²) in [4.78, 5) is 11.0. The number of ether oxygens (including phenoxy) is 3. The number of hydrogen-bond donors (Lipinski definition) is 1. The van der Waals surface area contributed by atoms with Crippen LogP contribution in [-0.4, -0.2) is 33.3 Å². The average Bonchev–Trinajstić information content (AvgIpc) is 2.45. The van der Waals surface area contributed by atoms with E-state index in [-0.39, 0.29) is 19.0 Å². The van der Waals surface area contributed by atoms with E-state index in [1.165, 1.54) is 7.11 Å². The highest BCUT2D eigenvalue weighted by molar-refractivity contribution is 5.69. The van der Waals surface area contributed by atoms with Crippen LogP contribution in [0.25, 0.3) is 0 Å². The average molecular weight is 267 g/mol. The van der Waals surface area contributed by atoms with Crippen LogP contribution in [0.3, 0.4) is 0 Å². The molecule has 0 aromatic heterocycles. The Kier molecular flexibility index (Phi) is 6.74. The molecule has 1 aromatic rings. The number of methoxy groups -OCH3 is 2. The van der Waals surface area contributed by atoms with Gasteiger partial charge < -0.3 is 19.5 Å². The van der Waals surface area contributed by atoms with Gasteiger partial charge in [-0.2, -0.15) is 0 Å². The van der Waals surface area contributed by atoms with Crippen molar-refractivity contribution in [1.82, 2.24) is 5.32 Å². The van der Waals surface area contributed by atoms with Gasteiger partial charge in [0.2, 0.25) is 0 Å². The molecule has 0 aliphatic heterocycles. The molecule has 0 unspecified atom stereocenters. The van der Waals surface area contributed by atoms with Crippen molar-refractivity contribution in [3.63, 3.8) is 0 Å². The zero-order valence-electron chi connectivity index (χ0n) is 11.7. The summed E-state index contributed by atoms with van der Waals surface area (Å²) in [6, 6.07) is 5.76. The van der Waals surface area contributed by atoms with Crippen LogP contribution in [0.4, 0.5) is 0 Å². The topological polar surface area (TPSA) is 56.8 Å². The molecule has 0 amide bonds. The maximum atomic E-state index is 11.0. The second-order valence-corrected chi connectivity index (χ2v) is 3.94. The van der Waals surface area contributed by atoms with E-state index < -0.39 is 0 Å². The van der Waals surface area contributed by atoms with Gasteiger partial charge in [0.25, 0.3) is 0 Å². The Morgan fingerprint density at radius 1 is 1.26 bits per heavy atom. The molecule has 0 bridgehead atoms. The highest BCUT2D eigenvalue weighted by Crippen LogP contribution is 2.28. The molecule has 0 aliphatic carbocycles. The van der Waals surface area contributed by atoms with Crippen LogP contribution in [-0.2, 0) is 16.1 Å². The molecule has 0 fully saturated rings. The van der Waals surface area contributed by atoms with Crippen LogP contribution in [0.15, 0.2) is 18.2 Å². The van der Waals surface area contributed by atoms with E-state index in [1.807, 2.05) is 18.2 Å². The van der Waals surface area contributed by atoms with Gasteiger partial charge in [0, 0.05) is 6.54 Å². The molecule has 5 heteroatoms. The van der Waals surface area contributed by atoms with Gasteiger partial charge in [0.05, 0.1) is 27.2 Å². The molecule has 5 nitrogen and oxygen atoms in total. The van der Waals surface area contributed by atoms with Gasteiger partial charge in [-0.3, -0.25) is 4.79 Å². The lowest BCUT2D eigenvalue weighted by Gasteiger charge is -2.12. The van der Waals surface area contributed by atoms with Gasteiger partial charge in [-0.25, -0.2) is 0 Å². The van der Waals surface area contributed by atoms with Gasteiger partial charge in [-0.1, -0.05) is 13.0 Å². The van der Waals surface area contributed by atoms with Crippen LogP contribution in [0.1, 0.15) is 18.9 Å². The highest BCUT2D eigenvalue weighted by Gasteiger charge is 2.07. The molecule has 0 spiro atoms. The quantitative estimate of drug-likeness (QED) is 0.727. The third kappa shape index (κ3) is 5.18. The third-order valence-electron chi connectivity index (χ3n) is 2.60. The predicted molar refractivity (Wildman–Crippen MR) is 72.5 cm³/mol. The summed E-state index contributed by atoms with van der Waals surface area (Å²) in [6.07, 6.45) is 0.219. The number of esters is 1. The van der Waals surface area contributed by atoms with E-state index in [1.54, 1.807) is 7.11 Å². The summed E-state index contributed by atoms with van der Waals surface area (Å²) in [5.74, 6) is 1.01. The molecule has 1 N–H and O–H groups in total. The zero-order chi connectivity index (χ0) is 14.1. The first-order valence-corrected chi connectivity index (χ1v) is 6.28. The van der Waals surface area contributed by atoms with Crippen molar-refractivity contribution in [1.29, 1.82) is 0 Å². The van der Waals surface area contributed by atoms with Crippen LogP contribution < -0.4 is 14.8 Å². The minimum atomic E-state index is -0.289. The number of rotatable bonds is 8. The SMILES string of the molecule is CCNCc1ccc(OC)c(OCCC(=O)OC)c1. The summed E-state index contributed by atoms with van der Waals surface area (Å²) in [5.41, 5.74) is 1.11. The second-order valence-electron chi connectivity index (χ2n) is 3.94. The Bertz CT molecular complexity index is 406. The molecular formula is C14H21NO4. The van der Waals surface area contributed by atoms with Gasteiger partial charge >= 0.3 is 5.97 Å².